The molecule has 0 aliphatic rings. The SMILES string of the molecule is CCC(CC)n1c(CCl)nc2cc(F)c(OC)cc21. The van der Waals surface area contributed by atoms with Gasteiger partial charge in [0.2, 0.25) is 0 Å². The lowest BCUT2D eigenvalue weighted by atomic mass is 10.1. The van der Waals surface area contributed by atoms with Crippen LogP contribution in [0.5, 0.6) is 5.75 Å². The van der Waals surface area contributed by atoms with Gasteiger partial charge in [0.05, 0.1) is 24.0 Å². The number of hydrogen-bond donors (Lipinski definition) is 0. The zero-order valence-corrected chi connectivity index (χ0v) is 12.2. The van der Waals surface area contributed by atoms with E-state index >= 15 is 0 Å². The first-order chi connectivity index (χ1) is 9.15. The molecular weight excluding hydrogens is 267 g/mol. The maximum atomic E-state index is 13.7. The lowest BCUT2D eigenvalue weighted by Crippen LogP contribution is -2.10. The predicted octanol–water partition coefficient (Wildman–Crippen LogP) is 4.28. The van der Waals surface area contributed by atoms with Crippen LogP contribution in [-0.2, 0) is 5.88 Å². The zero-order chi connectivity index (χ0) is 14.0. The van der Waals surface area contributed by atoms with Crippen LogP contribution in [0.2, 0.25) is 0 Å². The first kappa shape index (κ1) is 14.1. The van der Waals surface area contributed by atoms with Crippen molar-refractivity contribution in [1.82, 2.24) is 9.55 Å². The molecule has 1 aromatic carbocycles. The van der Waals surface area contributed by atoms with Gasteiger partial charge in [-0.1, -0.05) is 13.8 Å². The van der Waals surface area contributed by atoms with Crippen LogP contribution in [0.4, 0.5) is 4.39 Å². The van der Waals surface area contributed by atoms with Crippen LogP contribution >= 0.6 is 11.6 Å². The summed E-state index contributed by atoms with van der Waals surface area (Å²) in [6, 6.07) is 3.42. The fraction of sp³-hybridized carbons (Fsp3) is 0.500. The zero-order valence-electron chi connectivity index (χ0n) is 11.4. The number of benzene rings is 1. The molecule has 0 fully saturated rings. The highest BCUT2D eigenvalue weighted by molar-refractivity contribution is 6.16. The van der Waals surface area contributed by atoms with Gasteiger partial charge >= 0.3 is 0 Å². The van der Waals surface area contributed by atoms with Crippen LogP contribution in [0, 0.1) is 5.82 Å². The molecule has 2 rings (SSSR count). The second kappa shape index (κ2) is 5.78. The van der Waals surface area contributed by atoms with Crippen molar-refractivity contribution < 1.29 is 9.13 Å². The van der Waals surface area contributed by atoms with Gasteiger partial charge in [0.25, 0.3) is 0 Å². The smallest absolute Gasteiger partial charge is 0.167 e. The summed E-state index contributed by atoms with van der Waals surface area (Å²) in [6.07, 6.45) is 1.96. The van der Waals surface area contributed by atoms with Crippen LogP contribution in [0.3, 0.4) is 0 Å². The van der Waals surface area contributed by atoms with E-state index in [-0.39, 0.29) is 5.75 Å². The fourth-order valence-electron chi connectivity index (χ4n) is 2.46. The standard InChI is InChI=1S/C14H18ClFN2O/c1-4-9(5-2)18-12-7-13(19-3)10(16)6-11(12)17-14(18)8-15/h6-7,9H,4-5,8H2,1-3H3. The Balaban J connectivity index is 2.71. The summed E-state index contributed by atoms with van der Waals surface area (Å²) in [5.41, 5.74) is 1.50. The fourth-order valence-corrected chi connectivity index (χ4v) is 2.65. The Morgan fingerprint density at radius 2 is 2.05 bits per heavy atom. The Kier molecular flexibility index (Phi) is 4.30. The Morgan fingerprint density at radius 1 is 1.37 bits per heavy atom. The summed E-state index contributed by atoms with van der Waals surface area (Å²) in [5, 5.41) is 0. The van der Waals surface area contributed by atoms with Gasteiger partial charge in [-0.25, -0.2) is 9.37 Å². The minimum atomic E-state index is -0.398. The first-order valence-corrected chi connectivity index (χ1v) is 6.99. The molecule has 0 aliphatic heterocycles. The van der Waals surface area contributed by atoms with Crippen molar-refractivity contribution in [2.75, 3.05) is 7.11 Å². The van der Waals surface area contributed by atoms with E-state index in [1.165, 1.54) is 13.2 Å². The van der Waals surface area contributed by atoms with Crippen LogP contribution in [0.1, 0.15) is 38.6 Å². The van der Waals surface area contributed by atoms with Gasteiger partial charge in [-0.15, -0.1) is 11.6 Å². The van der Waals surface area contributed by atoms with E-state index in [0.717, 1.165) is 24.2 Å². The molecule has 104 valence electrons. The topological polar surface area (TPSA) is 27.1 Å². The highest BCUT2D eigenvalue weighted by atomic mass is 35.5. The van der Waals surface area contributed by atoms with Crippen LogP contribution in [0.25, 0.3) is 11.0 Å². The van der Waals surface area contributed by atoms with Crippen molar-refractivity contribution in [2.45, 2.75) is 38.6 Å². The maximum Gasteiger partial charge on any atom is 0.167 e. The molecule has 0 amide bonds. The Bertz CT molecular complexity index is 578. The van der Waals surface area contributed by atoms with E-state index in [1.54, 1.807) is 6.07 Å². The summed E-state index contributed by atoms with van der Waals surface area (Å²) in [5.74, 6) is 0.929. The number of aromatic nitrogens is 2. The van der Waals surface area contributed by atoms with Gasteiger partial charge in [-0.2, -0.15) is 0 Å². The number of nitrogens with zero attached hydrogens (tertiary/aromatic N) is 2. The van der Waals surface area contributed by atoms with Gasteiger partial charge in [0, 0.05) is 18.2 Å². The lowest BCUT2D eigenvalue weighted by Gasteiger charge is -2.18. The highest BCUT2D eigenvalue weighted by Crippen LogP contribution is 2.30. The van der Waals surface area contributed by atoms with E-state index in [1.807, 2.05) is 0 Å². The van der Waals surface area contributed by atoms with Crippen molar-refractivity contribution >= 4 is 22.6 Å². The first-order valence-electron chi connectivity index (χ1n) is 6.46. The number of methoxy groups -OCH3 is 1. The van der Waals surface area contributed by atoms with E-state index in [2.05, 4.69) is 23.4 Å². The third-order valence-electron chi connectivity index (χ3n) is 3.46. The lowest BCUT2D eigenvalue weighted by molar-refractivity contribution is 0.387. The van der Waals surface area contributed by atoms with E-state index in [4.69, 9.17) is 16.3 Å². The molecule has 5 heteroatoms. The molecule has 0 unspecified atom stereocenters. The van der Waals surface area contributed by atoms with Crippen molar-refractivity contribution in [1.29, 1.82) is 0 Å². The summed E-state index contributed by atoms with van der Waals surface area (Å²) < 4.78 is 20.9. The molecule has 0 saturated heterocycles. The van der Waals surface area contributed by atoms with Crippen LogP contribution < -0.4 is 4.74 Å². The van der Waals surface area contributed by atoms with E-state index in [9.17, 15) is 4.39 Å². The van der Waals surface area contributed by atoms with Crippen LogP contribution in [0.15, 0.2) is 12.1 Å². The molecular formula is C14H18ClFN2O. The molecule has 1 heterocycles. The van der Waals surface area contributed by atoms with Gasteiger partial charge in [-0.3, -0.25) is 0 Å². The van der Waals surface area contributed by atoms with E-state index < -0.39 is 5.82 Å². The van der Waals surface area contributed by atoms with Crippen molar-refractivity contribution in [3.05, 3.63) is 23.8 Å². The Morgan fingerprint density at radius 3 is 2.58 bits per heavy atom. The number of hydrogen-bond acceptors (Lipinski definition) is 2. The number of alkyl halides is 1. The number of imidazole rings is 1. The minimum Gasteiger partial charge on any atom is -0.494 e. The van der Waals surface area contributed by atoms with Crippen molar-refractivity contribution in [2.24, 2.45) is 0 Å². The third-order valence-corrected chi connectivity index (χ3v) is 3.70. The normalized spacial score (nSPS) is 11.5. The average molecular weight is 285 g/mol. The second-order valence-electron chi connectivity index (χ2n) is 4.48. The van der Waals surface area contributed by atoms with Gasteiger partial charge in [-0.05, 0) is 12.8 Å². The van der Waals surface area contributed by atoms with Gasteiger partial charge in [0.15, 0.2) is 11.6 Å². The molecule has 0 spiro atoms. The summed E-state index contributed by atoms with van der Waals surface area (Å²) in [6.45, 7) is 4.25. The number of halogens is 2. The van der Waals surface area contributed by atoms with E-state index in [0.29, 0.717) is 17.4 Å². The highest BCUT2D eigenvalue weighted by Gasteiger charge is 2.18. The Hall–Kier alpha value is -1.29. The van der Waals surface area contributed by atoms with Crippen molar-refractivity contribution in [3.63, 3.8) is 0 Å². The molecule has 0 N–H and O–H groups in total. The van der Waals surface area contributed by atoms with Crippen molar-refractivity contribution in [3.8, 4) is 5.75 Å². The predicted molar refractivity (Wildman–Crippen MR) is 75.4 cm³/mol. The molecule has 19 heavy (non-hydrogen) atoms. The maximum absolute atomic E-state index is 13.7. The quantitative estimate of drug-likeness (QED) is 0.766. The molecule has 0 atom stereocenters. The molecule has 0 radical (unpaired) electrons. The summed E-state index contributed by atoms with van der Waals surface area (Å²) in [7, 11) is 1.46. The summed E-state index contributed by atoms with van der Waals surface area (Å²) >= 11 is 5.97. The average Bonchev–Trinajstić information content (AvgIpc) is 2.77. The van der Waals surface area contributed by atoms with Crippen LogP contribution in [-0.4, -0.2) is 16.7 Å². The molecule has 0 bridgehead atoms. The van der Waals surface area contributed by atoms with Gasteiger partial charge < -0.3 is 9.30 Å². The molecule has 3 nitrogen and oxygen atoms in total. The molecule has 1 aromatic heterocycles. The van der Waals surface area contributed by atoms with Gasteiger partial charge in [0.1, 0.15) is 5.82 Å². The number of ether oxygens (including phenoxy) is 1. The molecule has 0 saturated carbocycles. The third kappa shape index (κ3) is 2.41. The summed E-state index contributed by atoms with van der Waals surface area (Å²) in [4.78, 5) is 4.42. The minimum absolute atomic E-state index is 0.237. The monoisotopic (exact) mass is 284 g/mol. The number of rotatable bonds is 5. The Labute approximate surface area is 117 Å². The molecule has 2 aromatic rings. The number of fused-ring (bicyclic) bond motifs is 1. The largest absolute Gasteiger partial charge is 0.494 e. The molecule has 0 aliphatic carbocycles. The second-order valence-corrected chi connectivity index (χ2v) is 4.74.